The van der Waals surface area contributed by atoms with Crippen LogP contribution >= 0.6 is 0 Å². The zero-order valence-corrected chi connectivity index (χ0v) is 28.7. The lowest BCUT2D eigenvalue weighted by atomic mass is 9.92. The molecule has 54 heavy (non-hydrogen) atoms. The van der Waals surface area contributed by atoms with Crippen LogP contribution in [-0.4, -0.2) is 15.0 Å². The van der Waals surface area contributed by atoms with Crippen molar-refractivity contribution in [3.05, 3.63) is 164 Å². The topological polar surface area (TPSA) is 65.0 Å². The van der Waals surface area contributed by atoms with Gasteiger partial charge in [-0.15, -0.1) is 0 Å². The third-order valence-corrected chi connectivity index (χ3v) is 10.9. The van der Waals surface area contributed by atoms with Gasteiger partial charge in [0.1, 0.15) is 22.3 Å². The van der Waals surface area contributed by atoms with Gasteiger partial charge in [0.05, 0.1) is 5.56 Å². The monoisotopic (exact) mass is 689 g/mol. The number of fused-ring (bicyclic) bond motifs is 9. The molecule has 0 bridgehead atoms. The maximum Gasteiger partial charge on any atom is 0.167 e. The Morgan fingerprint density at radius 3 is 1.87 bits per heavy atom. The molecular weight excluding hydrogens is 663 g/mol. The Balaban J connectivity index is 1.09. The first-order valence-electron chi connectivity index (χ1n) is 18.1. The van der Waals surface area contributed by atoms with Gasteiger partial charge in [0.2, 0.25) is 0 Å². The van der Waals surface area contributed by atoms with Crippen molar-refractivity contribution >= 4 is 54.6 Å². The molecule has 0 spiro atoms. The summed E-state index contributed by atoms with van der Waals surface area (Å²) >= 11 is 0. The molecule has 11 aromatic rings. The predicted octanol–water partition coefficient (Wildman–Crippen LogP) is 13.1. The predicted molar refractivity (Wildman–Crippen MR) is 218 cm³/mol. The molecule has 0 saturated heterocycles. The lowest BCUT2D eigenvalue weighted by Gasteiger charge is -2.11. The molecule has 0 amide bonds. The number of hydrogen-bond acceptors (Lipinski definition) is 5. The number of rotatable bonds is 4. The quantitative estimate of drug-likeness (QED) is 0.184. The first kappa shape index (κ1) is 29.2. The third-order valence-electron chi connectivity index (χ3n) is 10.9. The Labute approximate surface area is 308 Å². The van der Waals surface area contributed by atoms with Gasteiger partial charge in [-0.25, -0.2) is 15.0 Å². The molecule has 0 N–H and O–H groups in total. The van der Waals surface area contributed by atoms with Crippen LogP contribution in [0.2, 0.25) is 0 Å². The van der Waals surface area contributed by atoms with Gasteiger partial charge in [-0.05, 0) is 74.5 Å². The van der Waals surface area contributed by atoms with E-state index in [1.54, 1.807) is 0 Å². The van der Waals surface area contributed by atoms with Crippen LogP contribution < -0.4 is 0 Å². The largest absolute Gasteiger partial charge is 0.456 e. The summed E-state index contributed by atoms with van der Waals surface area (Å²) in [6.07, 6.45) is 0. The van der Waals surface area contributed by atoms with Crippen molar-refractivity contribution in [2.75, 3.05) is 0 Å². The maximum atomic E-state index is 6.53. The van der Waals surface area contributed by atoms with Crippen molar-refractivity contribution in [1.82, 2.24) is 15.0 Å². The molecule has 1 aliphatic carbocycles. The molecule has 0 atom stereocenters. The molecule has 3 heterocycles. The fourth-order valence-electron chi connectivity index (χ4n) is 8.52. The zero-order chi connectivity index (χ0) is 35.3. The maximum absolute atomic E-state index is 6.53. The SMILES string of the molecule is c1ccc(-c2nc(-c3cccc4c3oc3ccccc34)nc(-c3cccc4oc5ccc(-c6cccc7c6-c6cccc8cccc-7c68)cc5c34)n2)cc1. The molecule has 8 aromatic carbocycles. The summed E-state index contributed by atoms with van der Waals surface area (Å²) in [5.41, 5.74) is 13.2. The van der Waals surface area contributed by atoms with E-state index in [1.165, 1.54) is 38.6 Å². The van der Waals surface area contributed by atoms with Crippen LogP contribution in [0.15, 0.2) is 173 Å². The van der Waals surface area contributed by atoms with E-state index in [4.69, 9.17) is 23.8 Å². The lowest BCUT2D eigenvalue weighted by Crippen LogP contribution is -2.00. The summed E-state index contributed by atoms with van der Waals surface area (Å²) in [7, 11) is 0. The second-order valence-electron chi connectivity index (χ2n) is 13.9. The van der Waals surface area contributed by atoms with Crippen molar-refractivity contribution in [3.8, 4) is 67.5 Å². The highest BCUT2D eigenvalue weighted by Crippen LogP contribution is 2.51. The summed E-state index contributed by atoms with van der Waals surface area (Å²) in [6.45, 7) is 0. The minimum atomic E-state index is 0.544. The van der Waals surface area contributed by atoms with Crippen LogP contribution in [0, 0.1) is 0 Å². The summed E-state index contributed by atoms with van der Waals surface area (Å²) < 4.78 is 13.0. The molecule has 5 heteroatoms. The van der Waals surface area contributed by atoms with Crippen LogP contribution in [0.1, 0.15) is 0 Å². The molecule has 0 radical (unpaired) electrons. The van der Waals surface area contributed by atoms with Gasteiger partial charge in [-0.2, -0.15) is 0 Å². The second-order valence-corrected chi connectivity index (χ2v) is 13.9. The van der Waals surface area contributed by atoms with Gasteiger partial charge in [0.15, 0.2) is 17.5 Å². The highest BCUT2D eigenvalue weighted by Gasteiger charge is 2.25. The zero-order valence-electron chi connectivity index (χ0n) is 28.7. The Kier molecular flexibility index (Phi) is 5.99. The third kappa shape index (κ3) is 4.18. The minimum absolute atomic E-state index is 0.544. The Morgan fingerprint density at radius 1 is 0.333 bits per heavy atom. The van der Waals surface area contributed by atoms with E-state index in [2.05, 4.69) is 91.0 Å². The van der Waals surface area contributed by atoms with Gasteiger partial charge in [-0.1, -0.05) is 133 Å². The van der Waals surface area contributed by atoms with Gasteiger partial charge in [-0.3, -0.25) is 0 Å². The summed E-state index contributed by atoms with van der Waals surface area (Å²) in [5, 5.41) is 6.63. The molecular formula is C49H27N3O2. The molecule has 0 unspecified atom stereocenters. The van der Waals surface area contributed by atoms with Crippen LogP contribution in [-0.2, 0) is 0 Å². The Hall–Kier alpha value is -7.37. The summed E-state index contributed by atoms with van der Waals surface area (Å²) in [4.78, 5) is 15.4. The molecule has 0 fully saturated rings. The molecule has 1 aliphatic rings. The molecule has 12 rings (SSSR count). The van der Waals surface area contributed by atoms with Crippen molar-refractivity contribution in [2.45, 2.75) is 0 Å². The Morgan fingerprint density at radius 2 is 0.963 bits per heavy atom. The summed E-state index contributed by atoms with van der Waals surface area (Å²) in [6, 6.07) is 56.8. The fraction of sp³-hybridized carbons (Fsp3) is 0. The number of furan rings is 2. The molecule has 3 aromatic heterocycles. The smallest absolute Gasteiger partial charge is 0.167 e. The first-order valence-corrected chi connectivity index (χ1v) is 18.1. The number of benzene rings is 8. The van der Waals surface area contributed by atoms with Crippen LogP contribution in [0.4, 0.5) is 0 Å². The van der Waals surface area contributed by atoms with Gasteiger partial charge in [0, 0.05) is 32.7 Å². The number of nitrogens with zero attached hydrogens (tertiary/aromatic N) is 3. The molecule has 250 valence electrons. The minimum Gasteiger partial charge on any atom is -0.456 e. The second kappa shape index (κ2) is 11.1. The van der Waals surface area contributed by atoms with E-state index in [9.17, 15) is 0 Å². The van der Waals surface area contributed by atoms with E-state index >= 15 is 0 Å². The van der Waals surface area contributed by atoms with E-state index in [0.717, 1.165) is 66.1 Å². The molecule has 5 nitrogen and oxygen atoms in total. The Bertz CT molecular complexity index is 3330. The number of aromatic nitrogens is 3. The summed E-state index contributed by atoms with van der Waals surface area (Å²) in [5.74, 6) is 1.69. The first-order chi connectivity index (χ1) is 26.8. The van der Waals surface area contributed by atoms with Crippen LogP contribution in [0.25, 0.3) is 122 Å². The van der Waals surface area contributed by atoms with E-state index in [-0.39, 0.29) is 0 Å². The van der Waals surface area contributed by atoms with Crippen LogP contribution in [0.3, 0.4) is 0 Å². The fourth-order valence-corrected chi connectivity index (χ4v) is 8.52. The highest BCUT2D eigenvalue weighted by molar-refractivity contribution is 6.19. The highest BCUT2D eigenvalue weighted by atomic mass is 16.3. The van der Waals surface area contributed by atoms with E-state index < -0.39 is 0 Å². The van der Waals surface area contributed by atoms with Gasteiger partial charge < -0.3 is 8.83 Å². The average Bonchev–Trinajstić information content (AvgIpc) is 3.91. The van der Waals surface area contributed by atoms with Crippen molar-refractivity contribution in [3.63, 3.8) is 0 Å². The van der Waals surface area contributed by atoms with Crippen molar-refractivity contribution in [2.24, 2.45) is 0 Å². The lowest BCUT2D eigenvalue weighted by molar-refractivity contribution is 0.668. The van der Waals surface area contributed by atoms with Gasteiger partial charge in [0.25, 0.3) is 0 Å². The van der Waals surface area contributed by atoms with E-state index in [1.807, 2.05) is 72.8 Å². The van der Waals surface area contributed by atoms with E-state index in [0.29, 0.717) is 17.5 Å². The van der Waals surface area contributed by atoms with Gasteiger partial charge >= 0.3 is 0 Å². The number of hydrogen-bond donors (Lipinski definition) is 0. The van der Waals surface area contributed by atoms with Crippen LogP contribution in [0.5, 0.6) is 0 Å². The normalized spacial score (nSPS) is 12.1. The average molecular weight is 690 g/mol. The standard InChI is InChI=1S/C49H27N3O2/c1-2-11-29(12-3-1)47-50-48(52-49(51-47)38-22-9-19-35-32-15-4-5-23-40(32)54-46(35)38)37-21-10-24-42-45(37)39-27-30(25-26-41(39)53-42)31-16-8-18-34-33-17-6-13-28-14-7-20-36(43(28)33)44(31)34/h1-27H. The molecule has 0 aliphatic heterocycles. The van der Waals surface area contributed by atoms with Crippen molar-refractivity contribution in [1.29, 1.82) is 0 Å². The molecule has 0 saturated carbocycles. The van der Waals surface area contributed by atoms with Crippen molar-refractivity contribution < 1.29 is 8.83 Å². The number of para-hydroxylation sites is 2.